The average molecular weight is 384 g/mol. The van der Waals surface area contributed by atoms with Gasteiger partial charge in [-0.05, 0) is 51.7 Å². The fourth-order valence-corrected chi connectivity index (χ4v) is 3.60. The molecule has 0 spiro atoms. The van der Waals surface area contributed by atoms with E-state index in [0.29, 0.717) is 6.54 Å². The van der Waals surface area contributed by atoms with Gasteiger partial charge in [-0.1, -0.05) is 18.2 Å². The first kappa shape index (κ1) is 19.8. The Labute approximate surface area is 163 Å². The van der Waals surface area contributed by atoms with Crippen LogP contribution in [0.2, 0.25) is 0 Å². The largest absolute Gasteiger partial charge is 0.454 e. The third kappa shape index (κ3) is 3.69. The van der Waals surface area contributed by atoms with Crippen LogP contribution in [0.5, 0.6) is 0 Å². The molecule has 0 unspecified atom stereocenters. The highest BCUT2D eigenvalue weighted by molar-refractivity contribution is 6.22. The maximum absolute atomic E-state index is 12.5. The lowest BCUT2D eigenvalue weighted by Gasteiger charge is -2.27. The van der Waals surface area contributed by atoms with Crippen molar-refractivity contribution in [2.45, 2.75) is 45.6 Å². The van der Waals surface area contributed by atoms with Gasteiger partial charge in [0.1, 0.15) is 6.04 Å². The number of amides is 3. The topological polar surface area (TPSA) is 84.0 Å². The Bertz CT molecular complexity index is 810. The fourth-order valence-electron chi connectivity index (χ4n) is 3.60. The van der Waals surface area contributed by atoms with Gasteiger partial charge in [0, 0.05) is 12.2 Å². The molecule has 1 aromatic carbocycles. The molecule has 0 saturated heterocycles. The Morgan fingerprint density at radius 2 is 1.79 bits per heavy atom. The molecule has 0 radical (unpaired) electrons. The summed E-state index contributed by atoms with van der Waals surface area (Å²) in [5, 5.41) is 0. The lowest BCUT2D eigenvalue weighted by Crippen LogP contribution is -2.44. The summed E-state index contributed by atoms with van der Waals surface area (Å²) < 4.78 is 5.14. The molecular formula is C21H24N2O5. The number of ether oxygens (including phenoxy) is 1. The second-order valence-corrected chi connectivity index (χ2v) is 6.89. The lowest BCUT2D eigenvalue weighted by atomic mass is 10.0. The van der Waals surface area contributed by atoms with Gasteiger partial charge in [0.05, 0.1) is 11.1 Å². The Kier molecular flexibility index (Phi) is 5.92. The lowest BCUT2D eigenvalue weighted by molar-refractivity contribution is -0.154. The SMILES string of the molecule is CCN(C(=O)COC(=O)[C@H](C)N1C(=O)c2ccccc2C1=O)C1=CCCCC1. The molecule has 0 bridgehead atoms. The first-order valence-corrected chi connectivity index (χ1v) is 9.58. The van der Waals surface area contributed by atoms with E-state index >= 15 is 0 Å². The number of carbonyl (C=O) groups excluding carboxylic acids is 4. The minimum atomic E-state index is -1.11. The molecule has 7 heteroatoms. The minimum Gasteiger partial charge on any atom is -0.454 e. The molecule has 148 valence electrons. The third-order valence-corrected chi connectivity index (χ3v) is 5.12. The van der Waals surface area contributed by atoms with E-state index in [1.807, 2.05) is 13.0 Å². The Hall–Kier alpha value is -2.96. The van der Waals surface area contributed by atoms with Gasteiger partial charge < -0.3 is 9.64 Å². The van der Waals surface area contributed by atoms with Crippen LogP contribution in [0.15, 0.2) is 36.0 Å². The van der Waals surface area contributed by atoms with Crippen molar-refractivity contribution in [1.82, 2.24) is 9.80 Å². The molecule has 0 N–H and O–H groups in total. The van der Waals surface area contributed by atoms with Crippen LogP contribution in [0.3, 0.4) is 0 Å². The van der Waals surface area contributed by atoms with E-state index in [-0.39, 0.29) is 17.0 Å². The van der Waals surface area contributed by atoms with Crippen molar-refractivity contribution in [3.8, 4) is 0 Å². The molecule has 1 atom stereocenters. The highest BCUT2D eigenvalue weighted by Crippen LogP contribution is 2.25. The van der Waals surface area contributed by atoms with E-state index in [4.69, 9.17) is 4.74 Å². The van der Waals surface area contributed by atoms with Crippen molar-refractivity contribution in [1.29, 1.82) is 0 Å². The number of imide groups is 1. The molecule has 3 amide bonds. The zero-order valence-corrected chi connectivity index (χ0v) is 16.1. The molecule has 7 nitrogen and oxygen atoms in total. The van der Waals surface area contributed by atoms with Gasteiger partial charge in [0.2, 0.25) is 0 Å². The summed E-state index contributed by atoms with van der Waals surface area (Å²) in [5.74, 6) is -2.15. The van der Waals surface area contributed by atoms with Crippen molar-refractivity contribution >= 4 is 23.7 Å². The summed E-state index contributed by atoms with van der Waals surface area (Å²) in [6.45, 7) is 3.38. The molecule has 0 saturated carbocycles. The quantitative estimate of drug-likeness (QED) is 0.556. The molecule has 1 aromatic rings. The van der Waals surface area contributed by atoms with E-state index in [9.17, 15) is 19.2 Å². The summed E-state index contributed by atoms with van der Waals surface area (Å²) in [6, 6.07) is 5.31. The number of benzene rings is 1. The standard InChI is InChI=1S/C21H24N2O5/c1-3-22(15-9-5-4-6-10-15)18(24)13-28-21(27)14(2)23-19(25)16-11-7-8-12-17(16)20(23)26/h7-9,11-12,14H,3-6,10,13H2,1-2H3/t14-/m0/s1. The molecular weight excluding hydrogens is 360 g/mol. The number of likely N-dealkylation sites (N-methyl/N-ethyl adjacent to an activating group) is 1. The Morgan fingerprint density at radius 3 is 2.32 bits per heavy atom. The van der Waals surface area contributed by atoms with Crippen molar-refractivity contribution < 1.29 is 23.9 Å². The second-order valence-electron chi connectivity index (χ2n) is 6.89. The Morgan fingerprint density at radius 1 is 1.14 bits per heavy atom. The fraction of sp³-hybridized carbons (Fsp3) is 0.429. The van der Waals surface area contributed by atoms with Crippen molar-refractivity contribution in [3.63, 3.8) is 0 Å². The van der Waals surface area contributed by atoms with Crippen molar-refractivity contribution in [2.75, 3.05) is 13.2 Å². The van der Waals surface area contributed by atoms with Crippen LogP contribution in [-0.4, -0.2) is 52.7 Å². The van der Waals surface area contributed by atoms with Crippen LogP contribution < -0.4 is 0 Å². The maximum atomic E-state index is 12.5. The van der Waals surface area contributed by atoms with Crippen LogP contribution in [-0.2, 0) is 14.3 Å². The molecule has 28 heavy (non-hydrogen) atoms. The van der Waals surface area contributed by atoms with Gasteiger partial charge in [0.15, 0.2) is 6.61 Å². The van der Waals surface area contributed by atoms with Gasteiger partial charge >= 0.3 is 5.97 Å². The summed E-state index contributed by atoms with van der Waals surface area (Å²) in [6.07, 6.45) is 5.97. The first-order valence-electron chi connectivity index (χ1n) is 9.58. The number of esters is 1. The summed E-state index contributed by atoms with van der Waals surface area (Å²) in [7, 11) is 0. The number of rotatable bonds is 6. The molecule has 2 aliphatic rings. The summed E-state index contributed by atoms with van der Waals surface area (Å²) >= 11 is 0. The molecule has 0 aromatic heterocycles. The summed E-state index contributed by atoms with van der Waals surface area (Å²) in [5.41, 5.74) is 1.50. The van der Waals surface area contributed by atoms with Crippen LogP contribution >= 0.6 is 0 Å². The maximum Gasteiger partial charge on any atom is 0.329 e. The monoisotopic (exact) mass is 384 g/mol. The van der Waals surface area contributed by atoms with Crippen LogP contribution in [0.4, 0.5) is 0 Å². The van der Waals surface area contributed by atoms with E-state index < -0.39 is 30.4 Å². The minimum absolute atomic E-state index is 0.268. The molecule has 1 heterocycles. The molecule has 1 aliphatic heterocycles. The zero-order chi connectivity index (χ0) is 20.3. The normalized spacial score (nSPS) is 17.1. The third-order valence-electron chi connectivity index (χ3n) is 5.12. The zero-order valence-electron chi connectivity index (χ0n) is 16.1. The molecule has 3 rings (SSSR count). The average Bonchev–Trinajstić information content (AvgIpc) is 2.97. The highest BCUT2D eigenvalue weighted by Gasteiger charge is 2.41. The van der Waals surface area contributed by atoms with Gasteiger partial charge in [-0.3, -0.25) is 19.3 Å². The molecule has 1 aliphatic carbocycles. The van der Waals surface area contributed by atoms with Gasteiger partial charge in [0.25, 0.3) is 17.7 Å². The number of nitrogens with zero attached hydrogens (tertiary/aromatic N) is 2. The number of fused-ring (bicyclic) bond motifs is 1. The van der Waals surface area contributed by atoms with Crippen LogP contribution in [0.25, 0.3) is 0 Å². The number of allylic oxidation sites excluding steroid dienone is 2. The number of carbonyl (C=O) groups is 4. The predicted molar refractivity (Wildman–Crippen MR) is 101 cm³/mol. The van der Waals surface area contributed by atoms with Crippen molar-refractivity contribution in [2.24, 2.45) is 0 Å². The second kappa shape index (κ2) is 8.37. The van der Waals surface area contributed by atoms with Gasteiger partial charge in [-0.2, -0.15) is 0 Å². The molecule has 0 fully saturated rings. The Balaban J connectivity index is 1.62. The van der Waals surface area contributed by atoms with Gasteiger partial charge in [-0.15, -0.1) is 0 Å². The van der Waals surface area contributed by atoms with Crippen molar-refractivity contribution in [3.05, 3.63) is 47.2 Å². The van der Waals surface area contributed by atoms with E-state index in [1.54, 1.807) is 29.2 Å². The van der Waals surface area contributed by atoms with Crippen LogP contribution in [0.1, 0.15) is 60.2 Å². The van der Waals surface area contributed by atoms with E-state index in [2.05, 4.69) is 0 Å². The van der Waals surface area contributed by atoms with E-state index in [0.717, 1.165) is 36.3 Å². The van der Waals surface area contributed by atoms with Crippen LogP contribution in [0, 0.1) is 0 Å². The first-order chi connectivity index (χ1) is 13.5. The summed E-state index contributed by atoms with van der Waals surface area (Å²) in [4.78, 5) is 52.3. The van der Waals surface area contributed by atoms with Gasteiger partial charge in [-0.25, -0.2) is 4.79 Å². The predicted octanol–water partition coefficient (Wildman–Crippen LogP) is 2.52. The number of hydrogen-bond donors (Lipinski definition) is 0. The van der Waals surface area contributed by atoms with E-state index in [1.165, 1.54) is 6.92 Å². The smallest absolute Gasteiger partial charge is 0.329 e. The number of hydrogen-bond acceptors (Lipinski definition) is 5. The highest BCUT2D eigenvalue weighted by atomic mass is 16.5.